The number of nitrogens with zero attached hydrogens (tertiary/aromatic N) is 2. The molecular weight excluding hydrogens is 434 g/mol. The number of rotatable bonds is 10. The van der Waals surface area contributed by atoms with Crippen molar-refractivity contribution in [2.45, 2.75) is 40.2 Å². The first-order valence-corrected chi connectivity index (χ1v) is 12.3. The fourth-order valence-electron chi connectivity index (χ4n) is 5.23. The van der Waals surface area contributed by atoms with Crippen LogP contribution < -0.4 is 10.2 Å². The van der Waals surface area contributed by atoms with Crippen molar-refractivity contribution in [2.75, 3.05) is 43.1 Å². The van der Waals surface area contributed by atoms with Crippen molar-refractivity contribution in [3.05, 3.63) is 36.4 Å². The van der Waals surface area contributed by atoms with E-state index in [0.29, 0.717) is 12.1 Å². The first-order valence-electron chi connectivity index (χ1n) is 12.3. The molecule has 1 saturated heterocycles. The molecule has 0 unspecified atom stereocenters. The molecule has 0 radical (unpaired) electrons. The summed E-state index contributed by atoms with van der Waals surface area (Å²) in [6, 6.07) is 6.89. The van der Waals surface area contributed by atoms with Gasteiger partial charge in [0, 0.05) is 43.5 Å². The molecule has 2 aliphatic rings. The van der Waals surface area contributed by atoms with Gasteiger partial charge in [0.1, 0.15) is 6.04 Å². The third-order valence-corrected chi connectivity index (χ3v) is 6.92. The maximum Gasteiger partial charge on any atom is 0.310 e. The van der Waals surface area contributed by atoms with Gasteiger partial charge in [0.15, 0.2) is 0 Å². The van der Waals surface area contributed by atoms with Gasteiger partial charge in [0.05, 0.1) is 18.4 Å². The van der Waals surface area contributed by atoms with Crippen LogP contribution in [-0.4, -0.2) is 66.7 Å². The molecule has 186 valence electrons. The van der Waals surface area contributed by atoms with Crippen LogP contribution >= 0.6 is 0 Å². The zero-order chi connectivity index (χ0) is 24.8. The minimum absolute atomic E-state index is 0.0895. The van der Waals surface area contributed by atoms with E-state index in [1.807, 2.05) is 43.3 Å². The fraction of sp³-hybridized carbons (Fsp3) is 0.577. The molecule has 1 aromatic rings. The molecule has 0 bridgehead atoms. The average molecular weight is 472 g/mol. The number of aliphatic hydroxyl groups excluding tert-OH is 1. The topological polar surface area (TPSA) is 99.2 Å². The molecular formula is C26H37N3O5. The number of aliphatic hydroxyl groups is 1. The Morgan fingerprint density at radius 3 is 2.38 bits per heavy atom. The molecule has 8 heteroatoms. The first-order chi connectivity index (χ1) is 16.4. The van der Waals surface area contributed by atoms with E-state index in [1.54, 1.807) is 6.92 Å². The van der Waals surface area contributed by atoms with Crippen molar-refractivity contribution >= 4 is 29.2 Å². The zero-order valence-corrected chi connectivity index (χ0v) is 20.6. The molecule has 2 N–H and O–H groups in total. The number of carbonyl (C=O) groups excluding carboxylic acids is 3. The van der Waals surface area contributed by atoms with E-state index in [0.717, 1.165) is 18.8 Å². The van der Waals surface area contributed by atoms with Gasteiger partial charge in [-0.3, -0.25) is 14.4 Å². The summed E-state index contributed by atoms with van der Waals surface area (Å²) in [5.74, 6) is -2.83. The summed E-state index contributed by atoms with van der Waals surface area (Å²) in [6.45, 7) is 10.00. The summed E-state index contributed by atoms with van der Waals surface area (Å²) in [5.41, 5.74) is 1.72. The SMILES string of the molecule is CCOC(=O)[C@H]1[C@@H]2C(=O)N(CCCO)[C@H](C(=O)Nc3ccc(N(CC)CC)cc3)[C@H]2C=C[C@H]1C. The lowest BCUT2D eigenvalue weighted by Crippen LogP contribution is -2.44. The lowest BCUT2D eigenvalue weighted by molar-refractivity contribution is -0.155. The van der Waals surface area contributed by atoms with E-state index in [4.69, 9.17) is 4.74 Å². The number of ether oxygens (including phenoxy) is 1. The van der Waals surface area contributed by atoms with Crippen molar-refractivity contribution in [3.8, 4) is 0 Å². The number of benzene rings is 1. The molecule has 1 aliphatic carbocycles. The number of hydrogen-bond donors (Lipinski definition) is 2. The number of hydrogen-bond acceptors (Lipinski definition) is 6. The third-order valence-electron chi connectivity index (χ3n) is 6.92. The summed E-state index contributed by atoms with van der Waals surface area (Å²) < 4.78 is 5.28. The van der Waals surface area contributed by atoms with E-state index in [2.05, 4.69) is 24.1 Å². The van der Waals surface area contributed by atoms with E-state index in [1.165, 1.54) is 4.90 Å². The van der Waals surface area contributed by atoms with Gasteiger partial charge < -0.3 is 25.0 Å². The van der Waals surface area contributed by atoms with Gasteiger partial charge in [0.2, 0.25) is 11.8 Å². The Balaban J connectivity index is 1.87. The number of amides is 2. The van der Waals surface area contributed by atoms with E-state index in [-0.39, 0.29) is 37.5 Å². The Morgan fingerprint density at radius 2 is 1.79 bits per heavy atom. The number of nitrogens with one attached hydrogen (secondary N) is 1. The second-order valence-electron chi connectivity index (χ2n) is 8.89. The number of allylic oxidation sites excluding steroid dienone is 1. The van der Waals surface area contributed by atoms with Crippen LogP contribution in [0.2, 0.25) is 0 Å². The molecule has 1 heterocycles. The van der Waals surface area contributed by atoms with Gasteiger partial charge in [-0.05, 0) is 57.4 Å². The van der Waals surface area contributed by atoms with Crippen molar-refractivity contribution in [3.63, 3.8) is 0 Å². The molecule has 34 heavy (non-hydrogen) atoms. The van der Waals surface area contributed by atoms with Crippen LogP contribution in [0.25, 0.3) is 0 Å². The van der Waals surface area contributed by atoms with Crippen LogP contribution in [-0.2, 0) is 19.1 Å². The van der Waals surface area contributed by atoms with E-state index >= 15 is 0 Å². The van der Waals surface area contributed by atoms with Crippen molar-refractivity contribution < 1.29 is 24.2 Å². The Morgan fingerprint density at radius 1 is 1.12 bits per heavy atom. The summed E-state index contributed by atoms with van der Waals surface area (Å²) in [7, 11) is 0. The normalized spacial score (nSPS) is 25.7. The molecule has 0 aromatic heterocycles. The lowest BCUT2D eigenvalue weighted by atomic mass is 9.70. The number of esters is 1. The highest BCUT2D eigenvalue weighted by Gasteiger charge is 2.56. The molecule has 2 amide bonds. The largest absolute Gasteiger partial charge is 0.466 e. The number of anilines is 2. The summed E-state index contributed by atoms with van der Waals surface area (Å²) in [6.07, 6.45) is 4.16. The Kier molecular flexibility index (Phi) is 8.72. The molecule has 1 aromatic carbocycles. The van der Waals surface area contributed by atoms with Crippen molar-refractivity contribution in [1.82, 2.24) is 4.90 Å². The molecule has 5 atom stereocenters. The van der Waals surface area contributed by atoms with E-state index in [9.17, 15) is 19.5 Å². The smallest absolute Gasteiger partial charge is 0.310 e. The zero-order valence-electron chi connectivity index (χ0n) is 20.6. The Hall–Kier alpha value is -2.87. The van der Waals surface area contributed by atoms with Crippen LogP contribution in [0.3, 0.4) is 0 Å². The minimum Gasteiger partial charge on any atom is -0.466 e. The number of fused-ring (bicyclic) bond motifs is 1. The highest BCUT2D eigenvalue weighted by Crippen LogP contribution is 2.44. The third kappa shape index (κ3) is 5.12. The number of carbonyl (C=O) groups is 3. The number of likely N-dealkylation sites (tertiary alicyclic amines) is 1. The standard InChI is InChI=1S/C26H37N3O5/c1-5-28(6-2)19-12-10-18(11-13-19)27-24(31)23-20-14-9-17(4)21(26(33)34-7-3)22(20)25(32)29(23)15-8-16-30/h9-14,17,20-23,30H,5-8,15-16H2,1-4H3,(H,27,31)/t17-,20+,21-,22-,23+/m1/s1. The molecule has 8 nitrogen and oxygen atoms in total. The molecule has 0 spiro atoms. The van der Waals surface area contributed by atoms with Gasteiger partial charge in [-0.15, -0.1) is 0 Å². The van der Waals surface area contributed by atoms with Crippen molar-refractivity contribution in [2.24, 2.45) is 23.7 Å². The summed E-state index contributed by atoms with van der Waals surface area (Å²) in [5, 5.41) is 12.3. The Labute approximate surface area is 201 Å². The highest BCUT2D eigenvalue weighted by molar-refractivity contribution is 6.01. The van der Waals surface area contributed by atoms with Crippen molar-refractivity contribution in [1.29, 1.82) is 0 Å². The predicted octanol–water partition coefficient (Wildman–Crippen LogP) is 2.68. The minimum atomic E-state index is -0.757. The monoisotopic (exact) mass is 471 g/mol. The quantitative estimate of drug-likeness (QED) is 0.402. The fourth-order valence-corrected chi connectivity index (χ4v) is 5.23. The van der Waals surface area contributed by atoms with E-state index < -0.39 is 29.8 Å². The van der Waals surface area contributed by atoms with Gasteiger partial charge in [0.25, 0.3) is 0 Å². The highest BCUT2D eigenvalue weighted by atomic mass is 16.5. The molecule has 3 rings (SSSR count). The first kappa shape index (κ1) is 25.7. The molecule has 1 fully saturated rings. The summed E-state index contributed by atoms with van der Waals surface area (Å²) in [4.78, 5) is 43.4. The van der Waals surface area contributed by atoms with Gasteiger partial charge in [-0.1, -0.05) is 19.1 Å². The maximum absolute atomic E-state index is 13.5. The molecule has 0 saturated carbocycles. The van der Waals surface area contributed by atoms with Gasteiger partial charge in [-0.2, -0.15) is 0 Å². The summed E-state index contributed by atoms with van der Waals surface area (Å²) >= 11 is 0. The second-order valence-corrected chi connectivity index (χ2v) is 8.89. The second kappa shape index (κ2) is 11.5. The predicted molar refractivity (Wildman–Crippen MR) is 131 cm³/mol. The average Bonchev–Trinajstić information content (AvgIpc) is 3.11. The van der Waals surface area contributed by atoms with Crippen LogP contribution in [0.1, 0.15) is 34.1 Å². The van der Waals surface area contributed by atoms with Crippen LogP contribution in [0.4, 0.5) is 11.4 Å². The van der Waals surface area contributed by atoms with Gasteiger partial charge in [-0.25, -0.2) is 0 Å². The van der Waals surface area contributed by atoms with Crippen LogP contribution in [0, 0.1) is 23.7 Å². The molecule has 1 aliphatic heterocycles. The lowest BCUT2D eigenvalue weighted by Gasteiger charge is -2.32. The maximum atomic E-state index is 13.5. The van der Waals surface area contributed by atoms with Gasteiger partial charge >= 0.3 is 5.97 Å². The van der Waals surface area contributed by atoms with Crippen LogP contribution in [0.5, 0.6) is 0 Å². The Bertz CT molecular complexity index is 896. The van der Waals surface area contributed by atoms with Crippen LogP contribution in [0.15, 0.2) is 36.4 Å².